The minimum absolute atomic E-state index is 0.200. The van der Waals surface area contributed by atoms with Crippen LogP contribution in [0.3, 0.4) is 0 Å². The number of ether oxygens (including phenoxy) is 1. The first kappa shape index (κ1) is 18.7. The quantitative estimate of drug-likeness (QED) is 0.446. The van der Waals surface area contributed by atoms with Crippen LogP contribution in [-0.4, -0.2) is 15.0 Å². The van der Waals surface area contributed by atoms with E-state index in [0.717, 1.165) is 23.3 Å². The van der Waals surface area contributed by atoms with Gasteiger partial charge >= 0.3 is 6.18 Å². The summed E-state index contributed by atoms with van der Waals surface area (Å²) < 4.78 is 45.1. The molecule has 0 N–H and O–H groups in total. The molecule has 0 radical (unpaired) electrons. The number of nitrogens with zero attached hydrogens (tertiary/aromatic N) is 3. The highest BCUT2D eigenvalue weighted by molar-refractivity contribution is 5.63. The van der Waals surface area contributed by atoms with Crippen molar-refractivity contribution in [2.45, 2.75) is 12.8 Å². The number of hydrogen-bond acceptors (Lipinski definition) is 3. The highest BCUT2D eigenvalue weighted by atomic mass is 19.4. The summed E-state index contributed by atoms with van der Waals surface area (Å²) in [7, 11) is 0. The van der Waals surface area contributed by atoms with Crippen molar-refractivity contribution in [1.29, 1.82) is 0 Å². The van der Waals surface area contributed by atoms with E-state index in [2.05, 4.69) is 10.3 Å². The van der Waals surface area contributed by atoms with Crippen LogP contribution in [0.5, 0.6) is 5.75 Å². The lowest BCUT2D eigenvalue weighted by atomic mass is 10.1. The summed E-state index contributed by atoms with van der Waals surface area (Å²) in [4.78, 5) is 0. The van der Waals surface area contributed by atoms with Crippen molar-refractivity contribution in [3.8, 4) is 22.6 Å². The average molecular weight is 395 g/mol. The second-order valence-electron chi connectivity index (χ2n) is 6.38. The Labute approximate surface area is 165 Å². The molecule has 0 saturated carbocycles. The minimum Gasteiger partial charge on any atom is -0.487 e. The summed E-state index contributed by atoms with van der Waals surface area (Å²) in [6, 6.07) is 22.5. The zero-order valence-corrected chi connectivity index (χ0v) is 15.2. The van der Waals surface area contributed by atoms with Crippen molar-refractivity contribution < 1.29 is 17.9 Å². The fourth-order valence-corrected chi connectivity index (χ4v) is 2.83. The molecule has 29 heavy (non-hydrogen) atoms. The Morgan fingerprint density at radius 2 is 1.45 bits per heavy atom. The summed E-state index contributed by atoms with van der Waals surface area (Å²) in [5.41, 5.74) is 2.56. The van der Waals surface area contributed by atoms with E-state index in [-0.39, 0.29) is 6.61 Å². The Morgan fingerprint density at radius 1 is 0.793 bits per heavy atom. The van der Waals surface area contributed by atoms with Gasteiger partial charge in [-0.15, -0.1) is 5.10 Å². The third-order valence-corrected chi connectivity index (χ3v) is 4.35. The highest BCUT2D eigenvalue weighted by Crippen LogP contribution is 2.29. The van der Waals surface area contributed by atoms with Crippen molar-refractivity contribution in [2.75, 3.05) is 0 Å². The minimum atomic E-state index is -4.37. The Bertz CT molecular complexity index is 1070. The Morgan fingerprint density at radius 3 is 2.10 bits per heavy atom. The molecule has 0 bridgehead atoms. The molecule has 4 aromatic rings. The maximum absolute atomic E-state index is 12.7. The topological polar surface area (TPSA) is 39.9 Å². The van der Waals surface area contributed by atoms with Gasteiger partial charge in [-0.25, -0.2) is 4.68 Å². The van der Waals surface area contributed by atoms with Gasteiger partial charge in [0.25, 0.3) is 0 Å². The van der Waals surface area contributed by atoms with Gasteiger partial charge in [-0.1, -0.05) is 47.7 Å². The van der Waals surface area contributed by atoms with Gasteiger partial charge in [0.2, 0.25) is 0 Å². The second kappa shape index (κ2) is 7.79. The Kier molecular flexibility index (Phi) is 5.03. The second-order valence-corrected chi connectivity index (χ2v) is 6.38. The predicted molar refractivity (Wildman–Crippen MR) is 103 cm³/mol. The molecule has 1 aromatic heterocycles. The van der Waals surface area contributed by atoms with Crippen LogP contribution >= 0.6 is 0 Å². The normalized spacial score (nSPS) is 11.4. The number of hydrogen-bond donors (Lipinski definition) is 0. The van der Waals surface area contributed by atoms with Crippen LogP contribution in [0.4, 0.5) is 13.2 Å². The van der Waals surface area contributed by atoms with Crippen molar-refractivity contribution >= 4 is 0 Å². The van der Waals surface area contributed by atoms with E-state index in [1.165, 1.54) is 16.8 Å². The molecule has 7 heteroatoms. The molecule has 4 rings (SSSR count). The standard InChI is InChI=1S/C22H16F3N3O/c23-22(24,25)18-8-10-20(11-9-18)28-14-19(26-27-28)15-29-21-12-6-17(7-13-21)16-4-2-1-3-5-16/h1-14H,15H2. The van der Waals surface area contributed by atoms with Crippen LogP contribution in [0.2, 0.25) is 0 Å². The van der Waals surface area contributed by atoms with Crippen LogP contribution in [0.1, 0.15) is 11.3 Å². The number of alkyl halides is 3. The average Bonchev–Trinajstić information content (AvgIpc) is 3.22. The summed E-state index contributed by atoms with van der Waals surface area (Å²) in [5, 5.41) is 7.96. The van der Waals surface area contributed by atoms with Gasteiger partial charge in [-0.3, -0.25) is 0 Å². The first-order valence-electron chi connectivity index (χ1n) is 8.86. The van der Waals surface area contributed by atoms with Crippen LogP contribution in [0.15, 0.2) is 85.1 Å². The molecule has 4 nitrogen and oxygen atoms in total. The van der Waals surface area contributed by atoms with E-state index >= 15 is 0 Å². The molecule has 0 unspecified atom stereocenters. The van der Waals surface area contributed by atoms with E-state index in [0.29, 0.717) is 17.1 Å². The zero-order valence-electron chi connectivity index (χ0n) is 15.2. The van der Waals surface area contributed by atoms with Gasteiger partial charge in [0.05, 0.1) is 17.4 Å². The molecule has 0 spiro atoms. The van der Waals surface area contributed by atoms with E-state index in [9.17, 15) is 13.2 Å². The maximum atomic E-state index is 12.7. The van der Waals surface area contributed by atoms with E-state index in [4.69, 9.17) is 4.74 Å². The van der Waals surface area contributed by atoms with E-state index in [1.54, 1.807) is 6.20 Å². The monoisotopic (exact) mass is 395 g/mol. The lowest BCUT2D eigenvalue weighted by Crippen LogP contribution is -2.05. The summed E-state index contributed by atoms with van der Waals surface area (Å²) in [6.45, 7) is 0.200. The van der Waals surface area contributed by atoms with Crippen LogP contribution < -0.4 is 4.74 Å². The molecular formula is C22H16F3N3O. The van der Waals surface area contributed by atoms with E-state index in [1.807, 2.05) is 54.6 Å². The fourth-order valence-electron chi connectivity index (χ4n) is 2.83. The Balaban J connectivity index is 1.39. The SMILES string of the molecule is FC(F)(F)c1ccc(-n2cc(COc3ccc(-c4ccccc4)cc3)nn2)cc1. The van der Waals surface area contributed by atoms with Gasteiger partial charge in [0.15, 0.2) is 0 Å². The molecule has 0 amide bonds. The van der Waals surface area contributed by atoms with Gasteiger partial charge in [-0.05, 0) is 47.5 Å². The highest BCUT2D eigenvalue weighted by Gasteiger charge is 2.30. The van der Waals surface area contributed by atoms with Gasteiger partial charge in [0, 0.05) is 0 Å². The molecule has 0 aliphatic heterocycles. The largest absolute Gasteiger partial charge is 0.487 e. The zero-order chi connectivity index (χ0) is 20.3. The van der Waals surface area contributed by atoms with Crippen LogP contribution in [0, 0.1) is 0 Å². The molecular weight excluding hydrogens is 379 g/mol. The third kappa shape index (κ3) is 4.45. The molecule has 0 aliphatic carbocycles. The van der Waals surface area contributed by atoms with Crippen molar-refractivity contribution in [2.24, 2.45) is 0 Å². The van der Waals surface area contributed by atoms with Crippen molar-refractivity contribution in [3.05, 3.63) is 96.3 Å². The predicted octanol–water partition coefficient (Wildman–Crippen LogP) is 5.53. The van der Waals surface area contributed by atoms with E-state index < -0.39 is 11.7 Å². The fraction of sp³-hybridized carbons (Fsp3) is 0.0909. The molecule has 1 heterocycles. The third-order valence-electron chi connectivity index (χ3n) is 4.35. The maximum Gasteiger partial charge on any atom is 0.416 e. The van der Waals surface area contributed by atoms with Gasteiger partial charge in [0.1, 0.15) is 18.1 Å². The van der Waals surface area contributed by atoms with Crippen LogP contribution in [0.25, 0.3) is 16.8 Å². The van der Waals surface area contributed by atoms with Gasteiger partial charge in [-0.2, -0.15) is 13.2 Å². The molecule has 0 aliphatic rings. The van der Waals surface area contributed by atoms with Crippen molar-refractivity contribution in [3.63, 3.8) is 0 Å². The number of halogens is 3. The first-order valence-corrected chi connectivity index (χ1v) is 8.86. The smallest absolute Gasteiger partial charge is 0.416 e. The first-order chi connectivity index (χ1) is 14.0. The number of benzene rings is 3. The van der Waals surface area contributed by atoms with Crippen LogP contribution in [-0.2, 0) is 12.8 Å². The summed E-state index contributed by atoms with van der Waals surface area (Å²) >= 11 is 0. The number of aromatic nitrogens is 3. The summed E-state index contributed by atoms with van der Waals surface area (Å²) in [5.74, 6) is 0.689. The Hall–Kier alpha value is -3.61. The molecule has 146 valence electrons. The molecule has 0 fully saturated rings. The summed E-state index contributed by atoms with van der Waals surface area (Å²) in [6.07, 6.45) is -2.74. The lowest BCUT2D eigenvalue weighted by Gasteiger charge is -2.07. The molecule has 0 atom stereocenters. The lowest BCUT2D eigenvalue weighted by molar-refractivity contribution is -0.137. The van der Waals surface area contributed by atoms with Crippen molar-refractivity contribution in [1.82, 2.24) is 15.0 Å². The van der Waals surface area contributed by atoms with Gasteiger partial charge < -0.3 is 4.74 Å². The molecule has 3 aromatic carbocycles. The number of rotatable bonds is 5. The molecule has 0 saturated heterocycles.